The van der Waals surface area contributed by atoms with E-state index in [1.54, 1.807) is 11.3 Å². The topological polar surface area (TPSA) is 65.9 Å². The fraction of sp³-hybridized carbons (Fsp3) is 0.389. The second kappa shape index (κ2) is 12.1. The third-order valence-corrected chi connectivity index (χ3v) is 4.29. The maximum atomic E-state index is 12.7. The molecule has 2 rings (SSSR count). The number of aliphatic imine (C=N–C) groups is 1. The second-order valence-corrected chi connectivity index (χ2v) is 6.68. The van der Waals surface area contributed by atoms with Crippen LogP contribution >= 0.6 is 35.3 Å². The van der Waals surface area contributed by atoms with E-state index in [1.165, 1.54) is 12.1 Å². The van der Waals surface area contributed by atoms with Crippen LogP contribution in [0.15, 0.2) is 46.8 Å². The summed E-state index contributed by atoms with van der Waals surface area (Å²) in [5.41, 5.74) is -0.789. The molecule has 3 N–H and O–H groups in total. The molecule has 0 aliphatic carbocycles. The van der Waals surface area contributed by atoms with Gasteiger partial charge in [0.25, 0.3) is 0 Å². The number of nitrogens with zero attached hydrogens (tertiary/aromatic N) is 1. The normalized spacial score (nSPS) is 12.8. The van der Waals surface area contributed by atoms with Crippen LogP contribution in [0.3, 0.4) is 0 Å². The summed E-state index contributed by atoms with van der Waals surface area (Å²) in [5, 5.41) is 18.0. The van der Waals surface area contributed by atoms with E-state index < -0.39 is 17.8 Å². The van der Waals surface area contributed by atoms with Crippen molar-refractivity contribution in [3.63, 3.8) is 0 Å². The van der Waals surface area contributed by atoms with E-state index in [4.69, 9.17) is 4.74 Å². The van der Waals surface area contributed by atoms with Gasteiger partial charge in [0.1, 0.15) is 18.5 Å². The van der Waals surface area contributed by atoms with Crippen molar-refractivity contribution in [2.45, 2.75) is 25.7 Å². The number of rotatable bonds is 8. The first-order valence-electron chi connectivity index (χ1n) is 8.41. The van der Waals surface area contributed by atoms with Crippen LogP contribution < -0.4 is 15.4 Å². The minimum absolute atomic E-state index is 0. The lowest BCUT2D eigenvalue weighted by atomic mass is 10.2. The Morgan fingerprint density at radius 1 is 1.25 bits per heavy atom. The van der Waals surface area contributed by atoms with Gasteiger partial charge in [-0.15, -0.1) is 35.3 Å². The molecule has 1 unspecified atom stereocenters. The molecule has 1 heterocycles. The Labute approximate surface area is 183 Å². The monoisotopic (exact) mass is 529 g/mol. The Morgan fingerprint density at radius 3 is 2.68 bits per heavy atom. The van der Waals surface area contributed by atoms with Crippen molar-refractivity contribution in [2.24, 2.45) is 4.99 Å². The molecule has 0 fully saturated rings. The molecule has 0 radical (unpaired) electrons. The first-order chi connectivity index (χ1) is 12.9. The molecular weight excluding hydrogens is 506 g/mol. The fourth-order valence-corrected chi connectivity index (χ4v) is 2.76. The van der Waals surface area contributed by atoms with Gasteiger partial charge in [0, 0.05) is 18.0 Å². The molecule has 156 valence electrons. The molecule has 0 saturated heterocycles. The molecule has 1 aromatic carbocycles. The summed E-state index contributed by atoms with van der Waals surface area (Å²) in [7, 11) is 0. The Kier molecular flexibility index (Phi) is 10.6. The van der Waals surface area contributed by atoms with Gasteiger partial charge >= 0.3 is 6.18 Å². The van der Waals surface area contributed by atoms with Crippen LogP contribution in [-0.2, 0) is 12.7 Å². The quantitative estimate of drug-likeness (QED) is 0.276. The first-order valence-corrected chi connectivity index (χ1v) is 9.29. The van der Waals surface area contributed by atoms with Crippen molar-refractivity contribution in [1.29, 1.82) is 0 Å². The number of thiophene rings is 1. The second-order valence-electron chi connectivity index (χ2n) is 5.65. The summed E-state index contributed by atoms with van der Waals surface area (Å²) < 4.78 is 43.3. The van der Waals surface area contributed by atoms with Crippen LogP contribution in [0.1, 0.15) is 17.4 Å². The largest absolute Gasteiger partial charge is 0.491 e. The third-order valence-electron chi connectivity index (χ3n) is 3.43. The van der Waals surface area contributed by atoms with Crippen LogP contribution in [-0.4, -0.2) is 36.9 Å². The molecule has 0 spiro atoms. The molecule has 1 atom stereocenters. The van der Waals surface area contributed by atoms with Gasteiger partial charge in [-0.25, -0.2) is 4.99 Å². The smallest absolute Gasteiger partial charge is 0.416 e. The molecule has 0 aliphatic heterocycles. The van der Waals surface area contributed by atoms with E-state index in [9.17, 15) is 18.3 Å². The van der Waals surface area contributed by atoms with E-state index in [-0.39, 0.29) is 42.9 Å². The zero-order valence-corrected chi connectivity index (χ0v) is 18.3. The average molecular weight is 529 g/mol. The predicted octanol–water partition coefficient (Wildman–Crippen LogP) is 3.88. The number of aliphatic hydroxyl groups is 1. The predicted molar refractivity (Wildman–Crippen MR) is 115 cm³/mol. The van der Waals surface area contributed by atoms with Crippen molar-refractivity contribution in [1.82, 2.24) is 10.6 Å². The number of aliphatic hydroxyl groups excluding tert-OH is 1. The highest BCUT2D eigenvalue weighted by Crippen LogP contribution is 2.31. The number of hydrogen-bond acceptors (Lipinski definition) is 4. The molecule has 10 heteroatoms. The van der Waals surface area contributed by atoms with E-state index >= 15 is 0 Å². The Balaban J connectivity index is 0.00000392. The molecule has 5 nitrogen and oxygen atoms in total. The molecule has 2 aromatic rings. The van der Waals surface area contributed by atoms with Crippen LogP contribution in [0.4, 0.5) is 13.2 Å². The van der Waals surface area contributed by atoms with Gasteiger partial charge in [-0.05, 0) is 36.6 Å². The van der Waals surface area contributed by atoms with Gasteiger partial charge < -0.3 is 20.5 Å². The Bertz CT molecular complexity index is 727. The minimum atomic E-state index is -4.43. The summed E-state index contributed by atoms with van der Waals surface area (Å²) in [4.78, 5) is 5.52. The maximum Gasteiger partial charge on any atom is 0.416 e. The van der Waals surface area contributed by atoms with E-state index in [0.717, 1.165) is 17.0 Å². The van der Waals surface area contributed by atoms with Crippen molar-refractivity contribution in [3.8, 4) is 5.75 Å². The van der Waals surface area contributed by atoms with Crippen LogP contribution in [0, 0.1) is 0 Å². The van der Waals surface area contributed by atoms with Crippen molar-refractivity contribution < 1.29 is 23.0 Å². The van der Waals surface area contributed by atoms with Crippen LogP contribution in [0.5, 0.6) is 5.75 Å². The molecule has 28 heavy (non-hydrogen) atoms. The number of alkyl halides is 3. The van der Waals surface area contributed by atoms with Gasteiger partial charge in [-0.1, -0.05) is 12.1 Å². The summed E-state index contributed by atoms with van der Waals surface area (Å²) >= 11 is 1.60. The lowest BCUT2D eigenvalue weighted by Gasteiger charge is -2.16. The van der Waals surface area contributed by atoms with Crippen LogP contribution in [0.2, 0.25) is 0 Å². The first kappa shape index (κ1) is 24.5. The van der Waals surface area contributed by atoms with Gasteiger partial charge in [0.2, 0.25) is 0 Å². The molecule has 0 amide bonds. The summed E-state index contributed by atoms with van der Waals surface area (Å²) in [6, 6.07) is 8.50. The minimum Gasteiger partial charge on any atom is -0.491 e. The summed E-state index contributed by atoms with van der Waals surface area (Å²) in [5.74, 6) is 0.603. The SMILES string of the molecule is CCNC(=NCc1cccs1)NCC(O)COc1cccc(C(F)(F)F)c1.I. The highest BCUT2D eigenvalue weighted by atomic mass is 127. The zero-order valence-electron chi connectivity index (χ0n) is 15.2. The summed E-state index contributed by atoms with van der Waals surface area (Å²) in [6.45, 7) is 3.11. The Hall–Kier alpha value is -1.53. The number of ether oxygens (including phenoxy) is 1. The fourth-order valence-electron chi connectivity index (χ4n) is 2.13. The molecule has 1 aromatic heterocycles. The van der Waals surface area contributed by atoms with Crippen molar-refractivity contribution in [3.05, 3.63) is 52.2 Å². The number of hydrogen-bond donors (Lipinski definition) is 3. The summed E-state index contributed by atoms with van der Waals surface area (Å²) in [6.07, 6.45) is -5.34. The number of benzene rings is 1. The Morgan fingerprint density at radius 2 is 2.04 bits per heavy atom. The highest BCUT2D eigenvalue weighted by molar-refractivity contribution is 14.0. The molecule has 0 saturated carbocycles. The van der Waals surface area contributed by atoms with E-state index in [0.29, 0.717) is 19.0 Å². The van der Waals surface area contributed by atoms with Gasteiger partial charge in [0.05, 0.1) is 12.1 Å². The maximum absolute atomic E-state index is 12.7. The highest BCUT2D eigenvalue weighted by Gasteiger charge is 2.30. The zero-order chi connectivity index (χ0) is 19.7. The standard InChI is InChI=1S/C18H22F3N3O2S.HI/c1-2-22-17(24-11-16-7-4-8-27-16)23-10-14(25)12-26-15-6-3-5-13(9-15)18(19,20)21;/h3-9,14,25H,2,10-12H2,1H3,(H2,22,23,24);1H. The molecular formula is C18H23F3IN3O2S. The van der Waals surface area contributed by atoms with Gasteiger partial charge in [0.15, 0.2) is 5.96 Å². The number of guanidine groups is 1. The average Bonchev–Trinajstić information content (AvgIpc) is 3.15. The number of nitrogens with one attached hydrogen (secondary N) is 2. The van der Waals surface area contributed by atoms with E-state index in [1.807, 2.05) is 24.4 Å². The molecule has 0 aliphatic rings. The van der Waals surface area contributed by atoms with Gasteiger partial charge in [-0.3, -0.25) is 0 Å². The van der Waals surface area contributed by atoms with E-state index in [2.05, 4.69) is 15.6 Å². The van der Waals surface area contributed by atoms with Crippen LogP contribution in [0.25, 0.3) is 0 Å². The van der Waals surface area contributed by atoms with Crippen molar-refractivity contribution >= 4 is 41.3 Å². The van der Waals surface area contributed by atoms with Crippen molar-refractivity contribution in [2.75, 3.05) is 19.7 Å². The lowest BCUT2D eigenvalue weighted by Crippen LogP contribution is -2.42. The lowest BCUT2D eigenvalue weighted by molar-refractivity contribution is -0.137. The van der Waals surface area contributed by atoms with Gasteiger partial charge in [-0.2, -0.15) is 13.2 Å². The number of halogens is 4. The third kappa shape index (κ3) is 8.65. The molecule has 0 bridgehead atoms.